The van der Waals surface area contributed by atoms with Gasteiger partial charge in [0, 0.05) is 11.6 Å². The van der Waals surface area contributed by atoms with E-state index in [0.717, 1.165) is 11.6 Å². The highest BCUT2D eigenvalue weighted by Crippen LogP contribution is 2.42. The van der Waals surface area contributed by atoms with E-state index in [2.05, 4.69) is 4.52 Å². The number of aliphatic hydroxyl groups excluding tert-OH is 1. The number of phenolic OH excluding ortho intramolecular Hbond substituents is 2. The van der Waals surface area contributed by atoms with Gasteiger partial charge in [-0.25, -0.2) is 4.57 Å². The second-order valence-electron chi connectivity index (χ2n) is 5.38. The summed E-state index contributed by atoms with van der Waals surface area (Å²) in [6, 6.07) is 10.5. The van der Waals surface area contributed by atoms with Gasteiger partial charge >= 0.3 is 7.82 Å². The average molecular weight is 354 g/mol. The molecule has 0 fully saturated rings. The van der Waals surface area contributed by atoms with Gasteiger partial charge in [-0.3, -0.25) is 9.79 Å². The number of hydrogen-bond donors (Lipinski definition) is 5. The van der Waals surface area contributed by atoms with Gasteiger partial charge in [-0.15, -0.1) is 0 Å². The van der Waals surface area contributed by atoms with E-state index in [9.17, 15) is 19.9 Å². The molecule has 1 unspecified atom stereocenters. The van der Waals surface area contributed by atoms with Crippen molar-refractivity contribution in [3.8, 4) is 17.2 Å². The first-order chi connectivity index (χ1) is 11.2. The van der Waals surface area contributed by atoms with Gasteiger partial charge in [-0.2, -0.15) is 0 Å². The quantitative estimate of drug-likeness (QED) is 0.484. The van der Waals surface area contributed by atoms with Crippen LogP contribution in [0.4, 0.5) is 0 Å². The molecular weight excluding hydrogens is 335 g/mol. The fraction of sp³-hybridized carbons (Fsp3) is 0.250. The van der Waals surface area contributed by atoms with E-state index in [4.69, 9.17) is 9.79 Å². The summed E-state index contributed by atoms with van der Waals surface area (Å²) in [6.07, 6.45) is 0.624. The maximum absolute atomic E-state index is 11.0. The molecule has 2 aromatic carbocycles. The highest BCUT2D eigenvalue weighted by atomic mass is 31.2. The van der Waals surface area contributed by atoms with Gasteiger partial charge in [-0.1, -0.05) is 12.1 Å². The summed E-state index contributed by atoms with van der Waals surface area (Å²) in [6.45, 7) is 0. The summed E-state index contributed by atoms with van der Waals surface area (Å²) in [5.74, 6) is -0.291. The number of aromatic hydroxyl groups is 2. The van der Waals surface area contributed by atoms with Gasteiger partial charge in [0.15, 0.2) is 0 Å². The number of rotatable bonds is 7. The SMILES string of the molecule is O=P(O)(O)Oc1cc(O)ccc1C(O)CCCc1ccc(O)cc1. The molecule has 24 heavy (non-hydrogen) atoms. The molecule has 0 spiro atoms. The maximum atomic E-state index is 11.0. The van der Waals surface area contributed by atoms with E-state index >= 15 is 0 Å². The summed E-state index contributed by atoms with van der Waals surface area (Å²) in [7, 11) is -4.80. The van der Waals surface area contributed by atoms with Crippen molar-refractivity contribution in [2.24, 2.45) is 0 Å². The van der Waals surface area contributed by atoms with Crippen molar-refractivity contribution in [1.82, 2.24) is 0 Å². The molecule has 0 saturated carbocycles. The Kier molecular flexibility index (Phi) is 5.85. The van der Waals surface area contributed by atoms with E-state index in [1.54, 1.807) is 24.3 Å². The summed E-state index contributed by atoms with van der Waals surface area (Å²) in [4.78, 5) is 17.8. The molecule has 0 bridgehead atoms. The molecule has 7 nitrogen and oxygen atoms in total. The molecule has 5 N–H and O–H groups in total. The van der Waals surface area contributed by atoms with Crippen molar-refractivity contribution < 1.29 is 34.2 Å². The van der Waals surface area contributed by atoms with Gasteiger partial charge in [-0.05, 0) is 49.1 Å². The van der Waals surface area contributed by atoms with Gasteiger partial charge in [0.25, 0.3) is 0 Å². The first kappa shape index (κ1) is 18.3. The average Bonchev–Trinajstić information content (AvgIpc) is 2.47. The fourth-order valence-corrected chi connectivity index (χ4v) is 2.74. The molecule has 0 saturated heterocycles. The molecule has 8 heteroatoms. The molecule has 130 valence electrons. The number of hydrogen-bond acceptors (Lipinski definition) is 5. The van der Waals surface area contributed by atoms with E-state index in [1.807, 2.05) is 0 Å². The Hall–Kier alpha value is -2.05. The number of aliphatic hydroxyl groups is 1. The minimum absolute atomic E-state index is 0.183. The fourth-order valence-electron chi connectivity index (χ4n) is 2.32. The standard InChI is InChI=1S/C16H19O7P/c17-12-6-4-11(5-7-12)2-1-3-15(19)14-9-8-13(18)10-16(14)23-24(20,21)22/h4-10,15,17-19H,1-3H2,(H2,20,21,22). The van der Waals surface area contributed by atoms with Crippen molar-refractivity contribution in [1.29, 1.82) is 0 Å². The summed E-state index contributed by atoms with van der Waals surface area (Å²) < 4.78 is 15.5. The lowest BCUT2D eigenvalue weighted by atomic mass is 10.0. The third kappa shape index (κ3) is 5.54. The molecule has 0 aliphatic carbocycles. The minimum atomic E-state index is -4.80. The lowest BCUT2D eigenvalue weighted by molar-refractivity contribution is 0.161. The first-order valence-electron chi connectivity index (χ1n) is 7.28. The summed E-state index contributed by atoms with van der Waals surface area (Å²) >= 11 is 0. The number of aryl methyl sites for hydroxylation is 1. The molecule has 0 aliphatic rings. The largest absolute Gasteiger partial charge is 0.524 e. The molecular formula is C16H19O7P. The molecule has 0 heterocycles. The summed E-state index contributed by atoms with van der Waals surface area (Å²) in [5.41, 5.74) is 1.19. The van der Waals surface area contributed by atoms with Crippen molar-refractivity contribution >= 4 is 7.82 Å². The normalized spacial score (nSPS) is 12.8. The highest BCUT2D eigenvalue weighted by Gasteiger charge is 2.22. The van der Waals surface area contributed by atoms with E-state index in [1.165, 1.54) is 12.1 Å². The Morgan fingerprint density at radius 3 is 2.25 bits per heavy atom. The van der Waals surface area contributed by atoms with Crippen LogP contribution in [0.5, 0.6) is 17.2 Å². The van der Waals surface area contributed by atoms with Crippen LogP contribution in [-0.2, 0) is 11.0 Å². The Morgan fingerprint density at radius 1 is 1.00 bits per heavy atom. The van der Waals surface area contributed by atoms with E-state index < -0.39 is 13.9 Å². The predicted octanol–water partition coefficient (Wildman–Crippen LogP) is 2.63. The molecule has 0 radical (unpaired) electrons. The Bertz CT molecular complexity index is 724. The van der Waals surface area contributed by atoms with Crippen LogP contribution in [0, 0.1) is 0 Å². The molecule has 2 aromatic rings. The minimum Gasteiger partial charge on any atom is -0.508 e. The van der Waals surface area contributed by atoms with Crippen LogP contribution in [0.15, 0.2) is 42.5 Å². The van der Waals surface area contributed by atoms with Crippen LogP contribution in [0.3, 0.4) is 0 Å². The number of phenols is 2. The smallest absolute Gasteiger partial charge is 0.508 e. The second kappa shape index (κ2) is 7.68. The molecule has 0 amide bonds. The molecule has 0 aromatic heterocycles. The Morgan fingerprint density at radius 2 is 1.62 bits per heavy atom. The number of benzene rings is 2. The number of phosphoric acid groups is 1. The van der Waals surface area contributed by atoms with Gasteiger partial charge < -0.3 is 19.8 Å². The monoisotopic (exact) mass is 354 g/mol. The van der Waals surface area contributed by atoms with Crippen LogP contribution >= 0.6 is 7.82 Å². The zero-order chi connectivity index (χ0) is 17.7. The highest BCUT2D eigenvalue weighted by molar-refractivity contribution is 7.46. The maximum Gasteiger partial charge on any atom is 0.524 e. The zero-order valence-electron chi connectivity index (χ0n) is 12.7. The first-order valence-corrected chi connectivity index (χ1v) is 8.81. The van der Waals surface area contributed by atoms with Crippen LogP contribution < -0.4 is 4.52 Å². The third-order valence-electron chi connectivity index (χ3n) is 3.45. The van der Waals surface area contributed by atoms with Crippen molar-refractivity contribution in [3.63, 3.8) is 0 Å². The topological polar surface area (TPSA) is 127 Å². The predicted molar refractivity (Wildman–Crippen MR) is 86.8 cm³/mol. The number of phosphoric ester groups is 1. The third-order valence-corrected chi connectivity index (χ3v) is 3.89. The van der Waals surface area contributed by atoms with Crippen LogP contribution in [0.2, 0.25) is 0 Å². The van der Waals surface area contributed by atoms with Crippen molar-refractivity contribution in [2.75, 3.05) is 0 Å². The lowest BCUT2D eigenvalue weighted by Crippen LogP contribution is -2.02. The van der Waals surface area contributed by atoms with Gasteiger partial charge in [0.2, 0.25) is 0 Å². The summed E-state index contributed by atoms with van der Waals surface area (Å²) in [5, 5.41) is 28.9. The van der Waals surface area contributed by atoms with Crippen LogP contribution in [-0.4, -0.2) is 25.1 Å². The van der Waals surface area contributed by atoms with Crippen molar-refractivity contribution in [2.45, 2.75) is 25.4 Å². The van der Waals surface area contributed by atoms with Gasteiger partial charge in [0.1, 0.15) is 17.2 Å². The van der Waals surface area contributed by atoms with E-state index in [0.29, 0.717) is 19.3 Å². The van der Waals surface area contributed by atoms with Crippen LogP contribution in [0.25, 0.3) is 0 Å². The second-order valence-corrected chi connectivity index (χ2v) is 6.54. The van der Waals surface area contributed by atoms with Crippen molar-refractivity contribution in [3.05, 3.63) is 53.6 Å². The Labute approximate surface area is 139 Å². The lowest BCUT2D eigenvalue weighted by Gasteiger charge is -2.16. The van der Waals surface area contributed by atoms with E-state index in [-0.39, 0.29) is 22.8 Å². The van der Waals surface area contributed by atoms with Gasteiger partial charge in [0.05, 0.1) is 6.10 Å². The zero-order valence-corrected chi connectivity index (χ0v) is 13.6. The Balaban J connectivity index is 2.02. The molecule has 0 aliphatic heterocycles. The van der Waals surface area contributed by atoms with Crippen LogP contribution in [0.1, 0.15) is 30.1 Å². The molecule has 1 atom stereocenters. The molecule has 2 rings (SSSR count).